The Morgan fingerprint density at radius 2 is 1.52 bits per heavy atom. The van der Waals surface area contributed by atoms with Crippen molar-refractivity contribution in [2.24, 2.45) is 5.92 Å². The summed E-state index contributed by atoms with van der Waals surface area (Å²) >= 11 is 0. The number of carbonyl (C=O) groups excluding carboxylic acids is 1. The molecule has 0 spiro atoms. The normalized spacial score (nSPS) is 16.1. The SMILES string of the molecule is Cc1ccc(S(=O)(=O)N[C@H](C(=O)N2CCN(c3ccccc3)CC2)C(C)C)cc1. The molecule has 0 aromatic heterocycles. The van der Waals surface area contributed by atoms with Gasteiger partial charge in [-0.1, -0.05) is 49.7 Å². The zero-order valence-corrected chi connectivity index (χ0v) is 18.0. The summed E-state index contributed by atoms with van der Waals surface area (Å²) in [6.07, 6.45) is 0. The van der Waals surface area contributed by atoms with Crippen molar-refractivity contribution in [1.82, 2.24) is 9.62 Å². The zero-order valence-electron chi connectivity index (χ0n) is 17.2. The van der Waals surface area contributed by atoms with Crippen LogP contribution in [-0.2, 0) is 14.8 Å². The minimum Gasteiger partial charge on any atom is -0.368 e. The Balaban J connectivity index is 1.68. The Morgan fingerprint density at radius 1 is 0.931 bits per heavy atom. The van der Waals surface area contributed by atoms with Gasteiger partial charge in [0.25, 0.3) is 0 Å². The van der Waals surface area contributed by atoms with E-state index in [-0.39, 0.29) is 16.7 Å². The number of nitrogens with one attached hydrogen (secondary N) is 1. The van der Waals surface area contributed by atoms with E-state index in [2.05, 4.69) is 21.8 Å². The Kier molecular flexibility index (Phi) is 6.59. The third kappa shape index (κ3) is 5.16. The second-order valence-corrected chi connectivity index (χ2v) is 9.52. The maximum atomic E-state index is 13.1. The number of carbonyl (C=O) groups is 1. The van der Waals surface area contributed by atoms with Gasteiger partial charge in [-0.3, -0.25) is 4.79 Å². The van der Waals surface area contributed by atoms with E-state index in [4.69, 9.17) is 0 Å². The highest BCUT2D eigenvalue weighted by Gasteiger charge is 2.33. The van der Waals surface area contributed by atoms with Crippen LogP contribution < -0.4 is 9.62 Å². The first-order valence-corrected chi connectivity index (χ1v) is 11.4. The number of piperazine rings is 1. The number of rotatable bonds is 6. The van der Waals surface area contributed by atoms with Crippen LogP contribution in [0.1, 0.15) is 19.4 Å². The van der Waals surface area contributed by atoms with Gasteiger partial charge < -0.3 is 9.80 Å². The van der Waals surface area contributed by atoms with Crippen molar-refractivity contribution in [3.05, 3.63) is 60.2 Å². The van der Waals surface area contributed by atoms with Crippen molar-refractivity contribution in [1.29, 1.82) is 0 Å². The van der Waals surface area contributed by atoms with Crippen molar-refractivity contribution in [2.45, 2.75) is 31.7 Å². The molecule has 0 saturated carbocycles. The monoisotopic (exact) mass is 415 g/mol. The van der Waals surface area contributed by atoms with Gasteiger partial charge in [0, 0.05) is 31.9 Å². The number of aryl methyl sites for hydroxylation is 1. The lowest BCUT2D eigenvalue weighted by atomic mass is 10.0. The fraction of sp³-hybridized carbons (Fsp3) is 0.409. The van der Waals surface area contributed by atoms with E-state index >= 15 is 0 Å². The quantitative estimate of drug-likeness (QED) is 0.788. The van der Waals surface area contributed by atoms with Crippen LogP contribution in [0.4, 0.5) is 5.69 Å². The molecule has 1 aliphatic heterocycles. The smallest absolute Gasteiger partial charge is 0.241 e. The van der Waals surface area contributed by atoms with Crippen LogP contribution in [0, 0.1) is 12.8 Å². The van der Waals surface area contributed by atoms with E-state index in [0.29, 0.717) is 13.1 Å². The van der Waals surface area contributed by atoms with Gasteiger partial charge in [0.05, 0.1) is 4.90 Å². The molecule has 0 unspecified atom stereocenters. The summed E-state index contributed by atoms with van der Waals surface area (Å²) in [5.74, 6) is -0.321. The van der Waals surface area contributed by atoms with Gasteiger partial charge in [-0.2, -0.15) is 4.72 Å². The Morgan fingerprint density at radius 3 is 2.07 bits per heavy atom. The zero-order chi connectivity index (χ0) is 21.0. The summed E-state index contributed by atoms with van der Waals surface area (Å²) in [6.45, 7) is 8.23. The van der Waals surface area contributed by atoms with Crippen LogP contribution in [-0.4, -0.2) is 51.4 Å². The molecule has 0 aliphatic carbocycles. The number of para-hydroxylation sites is 1. The minimum absolute atomic E-state index is 0.158. The highest BCUT2D eigenvalue weighted by molar-refractivity contribution is 7.89. The summed E-state index contributed by atoms with van der Waals surface area (Å²) in [6, 6.07) is 16.0. The second-order valence-electron chi connectivity index (χ2n) is 7.80. The molecule has 7 heteroatoms. The second kappa shape index (κ2) is 8.97. The number of hydrogen-bond donors (Lipinski definition) is 1. The largest absolute Gasteiger partial charge is 0.368 e. The van der Waals surface area contributed by atoms with Crippen LogP contribution in [0.15, 0.2) is 59.5 Å². The first-order valence-electron chi connectivity index (χ1n) is 9.96. The van der Waals surface area contributed by atoms with Crippen LogP contribution in [0.3, 0.4) is 0 Å². The highest BCUT2D eigenvalue weighted by Crippen LogP contribution is 2.18. The van der Waals surface area contributed by atoms with Crippen molar-refractivity contribution < 1.29 is 13.2 Å². The number of nitrogens with zero attached hydrogens (tertiary/aromatic N) is 2. The molecular weight excluding hydrogens is 386 g/mol. The Bertz CT molecular complexity index is 920. The maximum Gasteiger partial charge on any atom is 0.241 e. The molecule has 1 amide bonds. The van der Waals surface area contributed by atoms with E-state index in [9.17, 15) is 13.2 Å². The molecule has 1 fully saturated rings. The summed E-state index contributed by atoms with van der Waals surface area (Å²) in [4.78, 5) is 17.3. The Hall–Kier alpha value is -2.38. The maximum absolute atomic E-state index is 13.1. The third-order valence-corrected chi connectivity index (χ3v) is 6.72. The highest BCUT2D eigenvalue weighted by atomic mass is 32.2. The van der Waals surface area contributed by atoms with Crippen molar-refractivity contribution in [3.63, 3.8) is 0 Å². The molecule has 1 N–H and O–H groups in total. The average Bonchev–Trinajstić information content (AvgIpc) is 2.72. The van der Waals surface area contributed by atoms with E-state index in [1.165, 1.54) is 0 Å². The molecule has 1 heterocycles. The van der Waals surface area contributed by atoms with Gasteiger partial charge in [-0.25, -0.2) is 8.42 Å². The summed E-state index contributed by atoms with van der Waals surface area (Å²) in [7, 11) is -3.77. The molecule has 2 aromatic carbocycles. The van der Waals surface area contributed by atoms with E-state index in [1.807, 2.05) is 39.0 Å². The molecule has 156 valence electrons. The summed E-state index contributed by atoms with van der Waals surface area (Å²) in [5, 5.41) is 0. The number of sulfonamides is 1. The third-order valence-electron chi connectivity index (χ3n) is 5.26. The molecule has 2 aromatic rings. The molecule has 0 bridgehead atoms. The molecular formula is C22H29N3O3S. The molecule has 0 radical (unpaired) electrons. The first-order chi connectivity index (χ1) is 13.8. The Labute approximate surface area is 173 Å². The van der Waals surface area contributed by atoms with Gasteiger partial charge in [-0.05, 0) is 37.1 Å². The molecule has 1 saturated heterocycles. The van der Waals surface area contributed by atoms with Gasteiger partial charge in [0.1, 0.15) is 6.04 Å². The molecule has 6 nitrogen and oxygen atoms in total. The lowest BCUT2D eigenvalue weighted by Gasteiger charge is -2.38. The molecule has 1 atom stereocenters. The van der Waals surface area contributed by atoms with Crippen LogP contribution in [0.25, 0.3) is 0 Å². The van der Waals surface area contributed by atoms with Crippen LogP contribution in [0.2, 0.25) is 0 Å². The minimum atomic E-state index is -3.77. The van der Waals surface area contributed by atoms with Crippen molar-refractivity contribution >= 4 is 21.6 Å². The van der Waals surface area contributed by atoms with E-state index in [1.54, 1.807) is 29.2 Å². The molecule has 1 aliphatic rings. The predicted octanol–water partition coefficient (Wildman–Crippen LogP) is 2.65. The fourth-order valence-electron chi connectivity index (χ4n) is 3.44. The van der Waals surface area contributed by atoms with Crippen LogP contribution in [0.5, 0.6) is 0 Å². The van der Waals surface area contributed by atoms with Crippen molar-refractivity contribution in [2.75, 3.05) is 31.1 Å². The van der Waals surface area contributed by atoms with Gasteiger partial charge >= 0.3 is 0 Å². The standard InChI is InChI=1S/C22H29N3O3S/c1-17(2)21(23-29(27,28)20-11-9-18(3)10-12-20)22(26)25-15-13-24(14-16-25)19-7-5-4-6-8-19/h4-12,17,21,23H,13-16H2,1-3H3/t21-/m0/s1. The predicted molar refractivity (Wildman–Crippen MR) is 115 cm³/mol. The lowest BCUT2D eigenvalue weighted by molar-refractivity contribution is -0.134. The number of benzene rings is 2. The summed E-state index contributed by atoms with van der Waals surface area (Å²) in [5.41, 5.74) is 2.12. The topological polar surface area (TPSA) is 69.7 Å². The van der Waals surface area contributed by atoms with Gasteiger partial charge in [-0.15, -0.1) is 0 Å². The fourth-order valence-corrected chi connectivity index (χ4v) is 4.78. The first kappa shape index (κ1) is 21.3. The van der Waals surface area contributed by atoms with Gasteiger partial charge in [0.15, 0.2) is 0 Å². The lowest BCUT2D eigenvalue weighted by Crippen LogP contribution is -2.56. The van der Waals surface area contributed by atoms with E-state index in [0.717, 1.165) is 24.3 Å². The van der Waals surface area contributed by atoms with Crippen molar-refractivity contribution in [3.8, 4) is 0 Å². The average molecular weight is 416 g/mol. The van der Waals surface area contributed by atoms with Gasteiger partial charge in [0.2, 0.25) is 15.9 Å². The summed E-state index contributed by atoms with van der Waals surface area (Å²) < 4.78 is 28.2. The van der Waals surface area contributed by atoms with E-state index < -0.39 is 16.1 Å². The molecule has 29 heavy (non-hydrogen) atoms. The number of amides is 1. The molecule has 3 rings (SSSR count). The van der Waals surface area contributed by atoms with Crippen LogP contribution >= 0.6 is 0 Å². The number of hydrogen-bond acceptors (Lipinski definition) is 4. The number of anilines is 1.